The van der Waals surface area contributed by atoms with Gasteiger partial charge in [-0.1, -0.05) is 26.0 Å². The van der Waals surface area contributed by atoms with E-state index in [-0.39, 0.29) is 5.60 Å². The lowest BCUT2D eigenvalue weighted by Gasteiger charge is -2.57. The molecular formula is C14H22O. The highest BCUT2D eigenvalue weighted by Crippen LogP contribution is 2.65. The first-order chi connectivity index (χ1) is 7.10. The second kappa shape index (κ2) is 2.88. The van der Waals surface area contributed by atoms with Crippen LogP contribution in [0.15, 0.2) is 12.2 Å². The highest BCUT2D eigenvalue weighted by molar-refractivity contribution is 5.23. The quantitative estimate of drug-likeness (QED) is 0.551. The third-order valence-corrected chi connectivity index (χ3v) is 5.76. The topological polar surface area (TPSA) is 9.23 Å². The average Bonchev–Trinajstić information content (AvgIpc) is 2.48. The van der Waals surface area contributed by atoms with Crippen molar-refractivity contribution in [1.82, 2.24) is 0 Å². The minimum atomic E-state index is 0.219. The first kappa shape index (κ1) is 9.89. The summed E-state index contributed by atoms with van der Waals surface area (Å²) in [6, 6.07) is 0. The summed E-state index contributed by atoms with van der Waals surface area (Å²) in [6.45, 7) is 10.1. The highest BCUT2D eigenvalue weighted by atomic mass is 16.5. The Hall–Kier alpha value is -0.300. The molecule has 1 heteroatoms. The Morgan fingerprint density at radius 1 is 1.40 bits per heavy atom. The maximum Gasteiger partial charge on any atom is 0.0748 e. The monoisotopic (exact) mass is 206 g/mol. The van der Waals surface area contributed by atoms with Gasteiger partial charge in [0.1, 0.15) is 0 Å². The van der Waals surface area contributed by atoms with Gasteiger partial charge in [-0.25, -0.2) is 0 Å². The van der Waals surface area contributed by atoms with Crippen molar-refractivity contribution < 1.29 is 4.74 Å². The summed E-state index contributed by atoms with van der Waals surface area (Å²) in [4.78, 5) is 0. The van der Waals surface area contributed by atoms with Crippen molar-refractivity contribution >= 4 is 0 Å². The Labute approximate surface area is 92.9 Å². The molecule has 1 saturated heterocycles. The maximum atomic E-state index is 6.24. The third-order valence-electron chi connectivity index (χ3n) is 5.76. The summed E-state index contributed by atoms with van der Waals surface area (Å²) in [6.07, 6.45) is 6.41. The molecule has 0 spiro atoms. The van der Waals surface area contributed by atoms with Gasteiger partial charge in [-0.2, -0.15) is 0 Å². The smallest absolute Gasteiger partial charge is 0.0748 e. The maximum absolute atomic E-state index is 6.24. The van der Waals surface area contributed by atoms with Crippen LogP contribution in [0.1, 0.15) is 46.0 Å². The van der Waals surface area contributed by atoms with Crippen LogP contribution in [0, 0.1) is 17.3 Å². The van der Waals surface area contributed by atoms with E-state index in [0.29, 0.717) is 11.3 Å². The Kier molecular flexibility index (Phi) is 1.90. The zero-order valence-electron chi connectivity index (χ0n) is 10.0. The average molecular weight is 206 g/mol. The van der Waals surface area contributed by atoms with Crippen molar-refractivity contribution in [3.05, 3.63) is 12.2 Å². The molecular weight excluding hydrogens is 184 g/mol. The number of allylic oxidation sites excluding steroid dienone is 1. The first-order valence-electron chi connectivity index (χ1n) is 6.42. The van der Waals surface area contributed by atoms with Gasteiger partial charge < -0.3 is 4.74 Å². The fourth-order valence-electron chi connectivity index (χ4n) is 4.59. The molecule has 1 aliphatic heterocycles. The summed E-state index contributed by atoms with van der Waals surface area (Å²) in [5, 5.41) is 0. The van der Waals surface area contributed by atoms with E-state index in [1.54, 1.807) is 0 Å². The fourth-order valence-corrected chi connectivity index (χ4v) is 4.59. The van der Waals surface area contributed by atoms with Crippen molar-refractivity contribution in [2.24, 2.45) is 17.3 Å². The molecule has 15 heavy (non-hydrogen) atoms. The van der Waals surface area contributed by atoms with Crippen LogP contribution in [0.2, 0.25) is 0 Å². The molecule has 0 aromatic heterocycles. The minimum absolute atomic E-state index is 0.219. The molecule has 0 aromatic rings. The summed E-state index contributed by atoms with van der Waals surface area (Å²) in [7, 11) is 0. The van der Waals surface area contributed by atoms with Crippen LogP contribution in [0.3, 0.4) is 0 Å². The normalized spacial score (nSPS) is 54.1. The van der Waals surface area contributed by atoms with Crippen LogP contribution in [0.25, 0.3) is 0 Å². The van der Waals surface area contributed by atoms with Crippen LogP contribution in [0.4, 0.5) is 0 Å². The van der Waals surface area contributed by atoms with Gasteiger partial charge in [0, 0.05) is 5.41 Å². The molecule has 84 valence electrons. The van der Waals surface area contributed by atoms with Gasteiger partial charge in [-0.05, 0) is 43.9 Å². The van der Waals surface area contributed by atoms with E-state index in [2.05, 4.69) is 20.4 Å². The summed E-state index contributed by atoms with van der Waals surface area (Å²) >= 11 is 0. The van der Waals surface area contributed by atoms with Gasteiger partial charge in [0.2, 0.25) is 0 Å². The molecule has 3 rings (SSSR count). The van der Waals surface area contributed by atoms with Crippen LogP contribution in [-0.2, 0) is 4.74 Å². The zero-order chi connectivity index (χ0) is 10.7. The fraction of sp³-hybridized carbons (Fsp3) is 0.857. The van der Waals surface area contributed by atoms with Gasteiger partial charge in [0.05, 0.1) is 12.2 Å². The molecule has 4 atom stereocenters. The van der Waals surface area contributed by atoms with Gasteiger partial charge in [-0.3, -0.25) is 0 Å². The predicted molar refractivity (Wildman–Crippen MR) is 61.7 cm³/mol. The van der Waals surface area contributed by atoms with Crippen molar-refractivity contribution in [2.75, 3.05) is 6.61 Å². The van der Waals surface area contributed by atoms with E-state index < -0.39 is 0 Å². The van der Waals surface area contributed by atoms with Crippen LogP contribution in [-0.4, -0.2) is 12.2 Å². The number of hydrogen-bond acceptors (Lipinski definition) is 1. The van der Waals surface area contributed by atoms with Crippen molar-refractivity contribution in [3.63, 3.8) is 0 Å². The van der Waals surface area contributed by atoms with Crippen LogP contribution >= 0.6 is 0 Å². The lowest BCUT2D eigenvalue weighted by molar-refractivity contribution is -0.125. The van der Waals surface area contributed by atoms with E-state index in [1.807, 2.05) is 0 Å². The molecule has 1 heterocycles. The molecule has 2 aliphatic carbocycles. The SMILES string of the molecule is C=C1CC[C@@]23CCC[C@@H]1[C@]2(C)[C@@H](C)CO3. The molecule has 0 unspecified atom stereocenters. The molecule has 2 saturated carbocycles. The Balaban J connectivity index is 2.10. The molecule has 3 fully saturated rings. The largest absolute Gasteiger partial charge is 0.374 e. The summed E-state index contributed by atoms with van der Waals surface area (Å²) in [5.74, 6) is 1.44. The van der Waals surface area contributed by atoms with E-state index in [1.165, 1.54) is 37.7 Å². The van der Waals surface area contributed by atoms with Gasteiger partial charge in [0.15, 0.2) is 0 Å². The third kappa shape index (κ3) is 0.982. The van der Waals surface area contributed by atoms with Crippen LogP contribution in [0.5, 0.6) is 0 Å². The van der Waals surface area contributed by atoms with Crippen LogP contribution < -0.4 is 0 Å². The Bertz CT molecular complexity index is 304. The molecule has 3 aliphatic rings. The predicted octanol–water partition coefficient (Wildman–Crippen LogP) is 3.55. The van der Waals surface area contributed by atoms with Gasteiger partial charge >= 0.3 is 0 Å². The number of ether oxygens (including phenoxy) is 1. The Morgan fingerprint density at radius 2 is 2.20 bits per heavy atom. The van der Waals surface area contributed by atoms with E-state index in [4.69, 9.17) is 4.74 Å². The summed E-state index contributed by atoms with van der Waals surface area (Å²) in [5.41, 5.74) is 2.11. The molecule has 0 radical (unpaired) electrons. The Morgan fingerprint density at radius 3 is 3.00 bits per heavy atom. The first-order valence-corrected chi connectivity index (χ1v) is 6.42. The molecule has 0 N–H and O–H groups in total. The molecule has 0 amide bonds. The molecule has 1 nitrogen and oxygen atoms in total. The molecule has 2 bridgehead atoms. The van der Waals surface area contributed by atoms with Crippen molar-refractivity contribution in [1.29, 1.82) is 0 Å². The minimum Gasteiger partial charge on any atom is -0.374 e. The second-order valence-corrected chi connectivity index (χ2v) is 6.09. The summed E-state index contributed by atoms with van der Waals surface area (Å²) < 4.78 is 6.24. The highest BCUT2D eigenvalue weighted by Gasteiger charge is 2.63. The number of hydrogen-bond donors (Lipinski definition) is 0. The van der Waals surface area contributed by atoms with Gasteiger partial charge in [-0.15, -0.1) is 0 Å². The van der Waals surface area contributed by atoms with E-state index >= 15 is 0 Å². The lowest BCUT2D eigenvalue weighted by atomic mass is 9.49. The van der Waals surface area contributed by atoms with E-state index in [9.17, 15) is 0 Å². The molecule has 0 aromatic carbocycles. The van der Waals surface area contributed by atoms with E-state index in [0.717, 1.165) is 12.5 Å². The lowest BCUT2D eigenvalue weighted by Crippen LogP contribution is -2.56. The zero-order valence-corrected chi connectivity index (χ0v) is 10.0. The van der Waals surface area contributed by atoms with Gasteiger partial charge in [0.25, 0.3) is 0 Å². The standard InChI is InChI=1S/C14H22O/c1-10-6-8-14-7-4-5-12(10)13(14,3)11(2)9-15-14/h11-12H,1,4-9H2,2-3H3/t11-,12-,13-,14-/m0/s1. The second-order valence-electron chi connectivity index (χ2n) is 6.09. The number of rotatable bonds is 0. The van der Waals surface area contributed by atoms with Crippen molar-refractivity contribution in [2.45, 2.75) is 51.6 Å². The van der Waals surface area contributed by atoms with Crippen molar-refractivity contribution in [3.8, 4) is 0 Å².